The second kappa shape index (κ2) is 2.85. The molecule has 0 spiro atoms. The van der Waals surface area contributed by atoms with Gasteiger partial charge in [0, 0.05) is 29.1 Å². The highest BCUT2D eigenvalue weighted by atomic mass is 15.1. The van der Waals surface area contributed by atoms with Gasteiger partial charge in [0.15, 0.2) is 5.52 Å². The Labute approximate surface area is 115 Å². The maximum Gasteiger partial charge on any atom is 0.295 e. The van der Waals surface area contributed by atoms with Crippen LogP contribution in [-0.2, 0) is 19.4 Å². The van der Waals surface area contributed by atoms with Crippen molar-refractivity contribution in [2.24, 2.45) is 0 Å². The third kappa shape index (κ3) is 0.846. The lowest BCUT2D eigenvalue weighted by molar-refractivity contribution is -0.657. The maximum absolute atomic E-state index is 4.71. The van der Waals surface area contributed by atoms with Crippen LogP contribution in [0.25, 0.3) is 27.5 Å². The molecule has 0 atom stereocenters. The Balaban J connectivity index is 2.13. The summed E-state index contributed by atoms with van der Waals surface area (Å²) in [5.41, 5.74) is 8.15. The van der Waals surface area contributed by atoms with E-state index in [9.17, 15) is 0 Å². The normalized spacial score (nSPS) is 15.4. The number of imidazole rings is 1. The Kier molecular flexibility index (Phi) is 1.35. The summed E-state index contributed by atoms with van der Waals surface area (Å²) < 4.78 is 4.87. The van der Waals surface area contributed by atoms with Crippen molar-refractivity contribution in [3.63, 3.8) is 0 Å². The molecule has 1 aromatic carbocycles. The third-order valence-electron chi connectivity index (χ3n) is 4.93. The van der Waals surface area contributed by atoms with Crippen LogP contribution in [0.3, 0.4) is 0 Å². The highest BCUT2D eigenvalue weighted by molar-refractivity contribution is 6.12. The number of aryl methyl sites for hydroxylation is 2. The molecule has 3 heteroatoms. The molecule has 0 fully saturated rings. The summed E-state index contributed by atoms with van der Waals surface area (Å²) in [5.74, 6) is 0. The zero-order valence-electron chi connectivity index (χ0n) is 10.9. The molecule has 3 aromatic heterocycles. The molecule has 4 aromatic rings. The van der Waals surface area contributed by atoms with Gasteiger partial charge in [0.25, 0.3) is 5.65 Å². The van der Waals surface area contributed by atoms with Crippen molar-refractivity contribution in [3.05, 3.63) is 53.5 Å². The van der Waals surface area contributed by atoms with E-state index in [1.807, 2.05) is 6.20 Å². The van der Waals surface area contributed by atoms with Gasteiger partial charge >= 0.3 is 0 Å². The van der Waals surface area contributed by atoms with Crippen molar-refractivity contribution in [2.45, 2.75) is 19.4 Å². The molecule has 0 N–H and O–H groups in total. The Morgan fingerprint density at radius 3 is 3.10 bits per heavy atom. The topological polar surface area (TPSA) is 21.2 Å². The molecule has 0 aliphatic carbocycles. The van der Waals surface area contributed by atoms with Crippen LogP contribution in [-0.4, -0.2) is 9.38 Å². The van der Waals surface area contributed by atoms with E-state index in [0.717, 1.165) is 24.9 Å². The third-order valence-corrected chi connectivity index (χ3v) is 4.93. The number of hydrogen-bond acceptors (Lipinski definition) is 1. The minimum Gasteiger partial charge on any atom is -0.252 e. The van der Waals surface area contributed by atoms with Crippen molar-refractivity contribution in [3.8, 4) is 0 Å². The minimum atomic E-state index is 1.00. The number of hydrogen-bond donors (Lipinski definition) is 0. The van der Waals surface area contributed by atoms with Crippen LogP contribution in [0.4, 0.5) is 0 Å². The van der Waals surface area contributed by atoms with Gasteiger partial charge in [-0.15, -0.1) is 0 Å². The molecule has 20 heavy (non-hydrogen) atoms. The molecule has 5 heterocycles. The van der Waals surface area contributed by atoms with Crippen molar-refractivity contribution in [2.75, 3.05) is 0 Å². The molecule has 0 radical (unpaired) electrons. The zero-order valence-corrected chi connectivity index (χ0v) is 10.9. The van der Waals surface area contributed by atoms with Gasteiger partial charge in [-0.25, -0.2) is 4.57 Å². The molecule has 0 saturated carbocycles. The summed E-state index contributed by atoms with van der Waals surface area (Å²) in [6, 6.07) is 8.82. The van der Waals surface area contributed by atoms with E-state index in [1.54, 1.807) is 0 Å². The highest BCUT2D eigenvalue weighted by Gasteiger charge is 2.33. The van der Waals surface area contributed by atoms with Crippen molar-refractivity contribution in [1.29, 1.82) is 0 Å². The van der Waals surface area contributed by atoms with Crippen LogP contribution in [0.15, 0.2) is 36.7 Å². The Morgan fingerprint density at radius 1 is 1.10 bits per heavy atom. The molecule has 6 rings (SSSR count). The van der Waals surface area contributed by atoms with Gasteiger partial charge in [0.05, 0.1) is 5.39 Å². The number of rotatable bonds is 0. The fourth-order valence-electron chi connectivity index (χ4n) is 4.15. The van der Waals surface area contributed by atoms with Crippen molar-refractivity contribution in [1.82, 2.24) is 9.38 Å². The predicted molar refractivity (Wildman–Crippen MR) is 76.9 cm³/mol. The summed E-state index contributed by atoms with van der Waals surface area (Å²) in [6.45, 7) is 1.00. The molecule has 2 aliphatic heterocycles. The van der Waals surface area contributed by atoms with Gasteiger partial charge in [0.1, 0.15) is 24.0 Å². The Bertz CT molecular complexity index is 1070. The van der Waals surface area contributed by atoms with E-state index in [4.69, 9.17) is 4.98 Å². The van der Waals surface area contributed by atoms with E-state index < -0.39 is 0 Å². The Morgan fingerprint density at radius 2 is 2.10 bits per heavy atom. The summed E-state index contributed by atoms with van der Waals surface area (Å²) >= 11 is 0. The van der Waals surface area contributed by atoms with E-state index in [1.165, 1.54) is 38.8 Å². The molecule has 0 bridgehead atoms. The molecule has 0 saturated heterocycles. The average molecular weight is 258 g/mol. The highest BCUT2D eigenvalue weighted by Crippen LogP contribution is 2.36. The summed E-state index contributed by atoms with van der Waals surface area (Å²) in [7, 11) is 0. The maximum atomic E-state index is 4.71. The molecule has 0 amide bonds. The van der Waals surface area contributed by atoms with Crippen LogP contribution in [0.1, 0.15) is 16.8 Å². The molecule has 2 aliphatic rings. The van der Waals surface area contributed by atoms with E-state index >= 15 is 0 Å². The number of pyridine rings is 2. The smallest absolute Gasteiger partial charge is 0.252 e. The fraction of sp³-hybridized carbons (Fsp3) is 0.176. The minimum absolute atomic E-state index is 1.00. The van der Waals surface area contributed by atoms with Gasteiger partial charge in [-0.3, -0.25) is 4.98 Å². The molecule has 3 nitrogen and oxygen atoms in total. The SMILES string of the molecule is c1cc2c3c(c1)c1nccc4c1n1c(c[n+](c31)C2)CC4. The van der Waals surface area contributed by atoms with Crippen LogP contribution >= 0.6 is 0 Å². The molecular formula is C17H12N3+. The Hall–Kier alpha value is -2.42. The first-order chi connectivity index (χ1) is 9.92. The zero-order chi connectivity index (χ0) is 12.8. The van der Waals surface area contributed by atoms with E-state index in [2.05, 4.69) is 39.4 Å². The second-order valence-corrected chi connectivity index (χ2v) is 5.91. The largest absolute Gasteiger partial charge is 0.295 e. The molecular weight excluding hydrogens is 246 g/mol. The first-order valence-corrected chi connectivity index (χ1v) is 7.17. The van der Waals surface area contributed by atoms with Gasteiger partial charge in [-0.05, 0) is 12.5 Å². The fourth-order valence-corrected chi connectivity index (χ4v) is 4.15. The van der Waals surface area contributed by atoms with Crippen molar-refractivity contribution >= 4 is 27.5 Å². The van der Waals surface area contributed by atoms with Crippen LogP contribution in [0, 0.1) is 0 Å². The molecule has 0 unspecified atom stereocenters. The first-order valence-electron chi connectivity index (χ1n) is 7.17. The van der Waals surface area contributed by atoms with E-state index in [0.29, 0.717) is 0 Å². The first kappa shape index (κ1) is 9.48. The predicted octanol–water partition coefficient (Wildman–Crippen LogP) is 2.39. The number of fused-ring (bicyclic) bond motifs is 1. The lowest BCUT2D eigenvalue weighted by atomic mass is 9.99. The quantitative estimate of drug-likeness (QED) is 0.309. The number of aromatic nitrogens is 3. The second-order valence-electron chi connectivity index (χ2n) is 5.91. The van der Waals surface area contributed by atoms with Crippen molar-refractivity contribution < 1.29 is 4.57 Å². The summed E-state index contributed by atoms with van der Waals surface area (Å²) in [5, 5.41) is 2.71. The summed E-state index contributed by atoms with van der Waals surface area (Å²) in [4.78, 5) is 4.71. The lowest BCUT2D eigenvalue weighted by Gasteiger charge is -2.12. The monoisotopic (exact) mass is 258 g/mol. The van der Waals surface area contributed by atoms with Gasteiger partial charge in [-0.1, -0.05) is 18.2 Å². The number of benzene rings is 1. The van der Waals surface area contributed by atoms with Crippen LogP contribution < -0.4 is 4.57 Å². The van der Waals surface area contributed by atoms with Crippen LogP contribution in [0.5, 0.6) is 0 Å². The lowest BCUT2D eigenvalue weighted by Crippen LogP contribution is -2.28. The van der Waals surface area contributed by atoms with Gasteiger partial charge in [0.2, 0.25) is 0 Å². The molecule has 94 valence electrons. The number of nitrogens with zero attached hydrogens (tertiary/aromatic N) is 3. The van der Waals surface area contributed by atoms with E-state index in [-0.39, 0.29) is 0 Å². The standard InChI is InChI=1S/C17H12N3/c1-2-11-8-19-9-12-5-4-10-6-7-18-15-13(3-1)14(11)17(19)20(12)16(10)15/h1-3,6-7,9H,4-5,8H2/q+1. The summed E-state index contributed by atoms with van der Waals surface area (Å²) in [6.07, 6.45) is 6.57. The average Bonchev–Trinajstić information content (AvgIpc) is 3.01. The van der Waals surface area contributed by atoms with Gasteiger partial charge in [-0.2, -0.15) is 4.40 Å². The van der Waals surface area contributed by atoms with Gasteiger partial charge < -0.3 is 0 Å². The van der Waals surface area contributed by atoms with Crippen LogP contribution in [0.2, 0.25) is 0 Å².